The molecule has 23 heavy (non-hydrogen) atoms. The molecule has 2 aliphatic rings. The van der Waals surface area contributed by atoms with E-state index in [1.807, 2.05) is 0 Å². The van der Waals surface area contributed by atoms with E-state index < -0.39 is 0 Å². The Bertz CT molecular complexity index is 354. The number of carbonyl (C=O) groups excluding carboxylic acids is 1. The Morgan fingerprint density at radius 1 is 1.26 bits per heavy atom. The van der Waals surface area contributed by atoms with E-state index in [4.69, 9.17) is 10.5 Å². The minimum Gasteiger partial charge on any atom is -0.379 e. The number of hydrogen-bond donors (Lipinski definition) is 2. The lowest BCUT2D eigenvalue weighted by Crippen LogP contribution is -2.56. The summed E-state index contributed by atoms with van der Waals surface area (Å²) in [5, 5.41) is 3.06. The lowest BCUT2D eigenvalue weighted by molar-refractivity contribution is -0.123. The smallest absolute Gasteiger partial charge is 0.236 e. The van der Waals surface area contributed by atoms with Gasteiger partial charge in [0.15, 0.2) is 0 Å². The van der Waals surface area contributed by atoms with Gasteiger partial charge in [0.2, 0.25) is 5.91 Å². The molecule has 1 amide bonds. The van der Waals surface area contributed by atoms with Crippen molar-refractivity contribution in [2.45, 2.75) is 64.0 Å². The topological polar surface area (TPSA) is 67.6 Å². The maximum atomic E-state index is 12.3. The van der Waals surface area contributed by atoms with Gasteiger partial charge in [-0.3, -0.25) is 9.69 Å². The summed E-state index contributed by atoms with van der Waals surface area (Å²) in [5.41, 5.74) is 6.06. The highest BCUT2D eigenvalue weighted by Crippen LogP contribution is 2.27. The molecule has 1 saturated carbocycles. The van der Waals surface area contributed by atoms with Crippen LogP contribution in [-0.4, -0.2) is 55.2 Å². The summed E-state index contributed by atoms with van der Waals surface area (Å²) < 4.78 is 5.39. The third kappa shape index (κ3) is 6.57. The molecule has 6 heteroatoms. The van der Waals surface area contributed by atoms with Crippen molar-refractivity contribution in [3.8, 4) is 0 Å². The molecule has 1 atom stereocenters. The van der Waals surface area contributed by atoms with Crippen molar-refractivity contribution in [1.82, 2.24) is 10.2 Å². The van der Waals surface area contributed by atoms with Gasteiger partial charge in [-0.25, -0.2) is 0 Å². The molecular formula is C17H34ClN3O2. The van der Waals surface area contributed by atoms with Crippen LogP contribution in [-0.2, 0) is 9.53 Å². The van der Waals surface area contributed by atoms with Gasteiger partial charge in [-0.15, -0.1) is 12.4 Å². The van der Waals surface area contributed by atoms with E-state index in [1.54, 1.807) is 0 Å². The van der Waals surface area contributed by atoms with Gasteiger partial charge in [0.05, 0.1) is 19.3 Å². The standard InChI is InChI=1S/C17H33N3O2.ClH/c1-17(2,20-8-10-22-11-9-20)13-19-16(21)15(18)12-14-6-4-3-5-7-14;/h14-15H,3-13,18H2,1-2H3,(H,19,21);1H. The van der Waals surface area contributed by atoms with Gasteiger partial charge >= 0.3 is 0 Å². The van der Waals surface area contributed by atoms with Crippen LogP contribution in [0.25, 0.3) is 0 Å². The van der Waals surface area contributed by atoms with Crippen molar-refractivity contribution in [3.63, 3.8) is 0 Å². The van der Waals surface area contributed by atoms with Crippen LogP contribution < -0.4 is 11.1 Å². The molecular weight excluding hydrogens is 314 g/mol. The zero-order valence-corrected chi connectivity index (χ0v) is 15.5. The summed E-state index contributed by atoms with van der Waals surface area (Å²) in [6.45, 7) is 8.39. The first-order chi connectivity index (χ1) is 10.5. The van der Waals surface area contributed by atoms with Crippen molar-refractivity contribution in [3.05, 3.63) is 0 Å². The molecule has 1 saturated heterocycles. The van der Waals surface area contributed by atoms with E-state index >= 15 is 0 Å². The van der Waals surface area contributed by atoms with Gasteiger partial charge in [0.1, 0.15) is 0 Å². The number of morpholine rings is 1. The highest BCUT2D eigenvalue weighted by Gasteiger charge is 2.29. The number of rotatable bonds is 6. The molecule has 0 radical (unpaired) electrons. The molecule has 3 N–H and O–H groups in total. The Morgan fingerprint density at radius 3 is 2.48 bits per heavy atom. The van der Waals surface area contributed by atoms with Gasteiger partial charge in [0.25, 0.3) is 0 Å². The lowest BCUT2D eigenvalue weighted by atomic mass is 9.85. The SMILES string of the molecule is CC(C)(CNC(=O)C(N)CC1CCCCC1)N1CCOCC1.Cl. The fraction of sp³-hybridized carbons (Fsp3) is 0.941. The molecule has 5 nitrogen and oxygen atoms in total. The highest BCUT2D eigenvalue weighted by molar-refractivity contribution is 5.85. The number of hydrogen-bond acceptors (Lipinski definition) is 4. The van der Waals surface area contributed by atoms with Crippen molar-refractivity contribution >= 4 is 18.3 Å². The van der Waals surface area contributed by atoms with E-state index in [1.165, 1.54) is 32.1 Å². The molecule has 0 aromatic rings. The number of carbonyl (C=O) groups is 1. The predicted octanol–water partition coefficient (Wildman–Crippen LogP) is 1.93. The van der Waals surface area contributed by atoms with Crippen molar-refractivity contribution in [1.29, 1.82) is 0 Å². The second-order valence-electron chi connectivity index (χ2n) is 7.48. The second-order valence-corrected chi connectivity index (χ2v) is 7.48. The third-order valence-electron chi connectivity index (χ3n) is 5.21. The summed E-state index contributed by atoms with van der Waals surface area (Å²) in [6, 6.07) is -0.358. The van der Waals surface area contributed by atoms with Crippen LogP contribution in [0.15, 0.2) is 0 Å². The average molecular weight is 348 g/mol. The molecule has 0 spiro atoms. The number of ether oxygens (including phenoxy) is 1. The van der Waals surface area contributed by atoms with Crippen LogP contribution in [0.1, 0.15) is 52.4 Å². The van der Waals surface area contributed by atoms with Gasteiger partial charge in [0, 0.05) is 25.2 Å². The number of nitrogens with one attached hydrogen (secondary N) is 1. The summed E-state index contributed by atoms with van der Waals surface area (Å²) in [4.78, 5) is 14.6. The summed E-state index contributed by atoms with van der Waals surface area (Å²) in [5.74, 6) is 0.647. The van der Waals surface area contributed by atoms with Crippen LogP contribution in [0.5, 0.6) is 0 Å². The molecule has 0 bridgehead atoms. The van der Waals surface area contributed by atoms with E-state index in [2.05, 4.69) is 24.1 Å². The van der Waals surface area contributed by atoms with Crippen molar-refractivity contribution in [2.75, 3.05) is 32.8 Å². The lowest BCUT2D eigenvalue weighted by Gasteiger charge is -2.41. The fourth-order valence-electron chi connectivity index (χ4n) is 3.60. The van der Waals surface area contributed by atoms with Crippen LogP contribution in [0, 0.1) is 5.92 Å². The van der Waals surface area contributed by atoms with Crippen LogP contribution >= 0.6 is 12.4 Å². The number of amides is 1. The first-order valence-corrected chi connectivity index (χ1v) is 8.85. The number of halogens is 1. The molecule has 1 heterocycles. The molecule has 2 fully saturated rings. The molecule has 2 rings (SSSR count). The second kappa shape index (κ2) is 9.82. The Morgan fingerprint density at radius 2 is 1.87 bits per heavy atom. The minimum absolute atomic E-state index is 0. The normalized spacial score (nSPS) is 22.2. The molecule has 0 aromatic carbocycles. The van der Waals surface area contributed by atoms with Crippen LogP contribution in [0.2, 0.25) is 0 Å². The number of nitrogens with two attached hydrogens (primary N) is 1. The first kappa shape index (κ1) is 20.7. The summed E-state index contributed by atoms with van der Waals surface area (Å²) in [7, 11) is 0. The Labute approximate surface area is 147 Å². The van der Waals surface area contributed by atoms with E-state index in [0.29, 0.717) is 12.5 Å². The largest absolute Gasteiger partial charge is 0.379 e. The molecule has 1 aliphatic carbocycles. The zero-order chi connectivity index (χ0) is 16.0. The quantitative estimate of drug-likeness (QED) is 0.770. The van der Waals surface area contributed by atoms with Gasteiger partial charge in [-0.05, 0) is 26.2 Å². The Hall–Kier alpha value is -0.360. The van der Waals surface area contributed by atoms with Crippen molar-refractivity contribution < 1.29 is 9.53 Å². The first-order valence-electron chi connectivity index (χ1n) is 8.85. The van der Waals surface area contributed by atoms with Crippen LogP contribution in [0.3, 0.4) is 0 Å². The Balaban J connectivity index is 0.00000264. The highest BCUT2D eigenvalue weighted by atomic mass is 35.5. The minimum atomic E-state index is -0.358. The van der Waals surface area contributed by atoms with Gasteiger partial charge in [-0.2, -0.15) is 0 Å². The fourth-order valence-corrected chi connectivity index (χ4v) is 3.60. The van der Waals surface area contributed by atoms with E-state index in [-0.39, 0.29) is 29.9 Å². The molecule has 0 aromatic heterocycles. The van der Waals surface area contributed by atoms with Crippen LogP contribution in [0.4, 0.5) is 0 Å². The summed E-state index contributed by atoms with van der Waals surface area (Å²) >= 11 is 0. The third-order valence-corrected chi connectivity index (χ3v) is 5.21. The van der Waals surface area contributed by atoms with Gasteiger partial charge in [-0.1, -0.05) is 32.1 Å². The van der Waals surface area contributed by atoms with Gasteiger partial charge < -0.3 is 15.8 Å². The monoisotopic (exact) mass is 347 g/mol. The summed E-state index contributed by atoms with van der Waals surface area (Å²) in [6.07, 6.45) is 7.24. The van der Waals surface area contributed by atoms with E-state index in [9.17, 15) is 4.79 Å². The van der Waals surface area contributed by atoms with Crippen molar-refractivity contribution in [2.24, 2.45) is 11.7 Å². The molecule has 1 aliphatic heterocycles. The molecule has 136 valence electrons. The Kier molecular flexibility index (Phi) is 8.83. The average Bonchev–Trinajstić information content (AvgIpc) is 2.54. The zero-order valence-electron chi connectivity index (χ0n) is 14.7. The molecule has 1 unspecified atom stereocenters. The number of nitrogens with zero attached hydrogens (tertiary/aromatic N) is 1. The maximum absolute atomic E-state index is 12.3. The maximum Gasteiger partial charge on any atom is 0.236 e. The van der Waals surface area contributed by atoms with E-state index in [0.717, 1.165) is 32.7 Å². The predicted molar refractivity (Wildman–Crippen MR) is 95.9 cm³/mol.